The molecule has 1 aliphatic heterocycles. The van der Waals surface area contributed by atoms with Crippen molar-refractivity contribution in [1.82, 2.24) is 19.4 Å². The molecule has 1 N–H and O–H groups in total. The Morgan fingerprint density at radius 1 is 1.24 bits per heavy atom. The quantitative estimate of drug-likeness (QED) is 0.830. The Morgan fingerprint density at radius 3 is 2.64 bits per heavy atom. The lowest BCUT2D eigenvalue weighted by Crippen LogP contribution is -2.46. The summed E-state index contributed by atoms with van der Waals surface area (Å²) >= 11 is 0. The molecule has 1 fully saturated rings. The molecule has 136 valence electrons. The van der Waals surface area contributed by atoms with E-state index in [2.05, 4.69) is 10.2 Å². The van der Waals surface area contributed by atoms with Gasteiger partial charge in [-0.15, -0.1) is 0 Å². The molecule has 0 unspecified atom stereocenters. The molecule has 25 heavy (non-hydrogen) atoms. The number of ether oxygens (including phenoxy) is 1. The molecular formula is C18H26N4O3. The molecule has 1 atom stereocenters. The van der Waals surface area contributed by atoms with Gasteiger partial charge in [-0.25, -0.2) is 4.79 Å². The Balaban J connectivity index is 1.55. The molecule has 0 spiro atoms. The van der Waals surface area contributed by atoms with Gasteiger partial charge in [-0.1, -0.05) is 12.1 Å². The van der Waals surface area contributed by atoms with Crippen LogP contribution in [0.4, 0.5) is 0 Å². The fraction of sp³-hybridized carbons (Fsp3) is 0.556. The van der Waals surface area contributed by atoms with Crippen LogP contribution in [0.15, 0.2) is 29.1 Å². The van der Waals surface area contributed by atoms with Gasteiger partial charge >= 0.3 is 5.69 Å². The van der Waals surface area contributed by atoms with E-state index in [4.69, 9.17) is 4.74 Å². The molecule has 1 aromatic carbocycles. The van der Waals surface area contributed by atoms with Crippen molar-refractivity contribution in [3.05, 3.63) is 34.7 Å². The smallest absolute Gasteiger partial charge is 0.328 e. The normalized spacial score (nSPS) is 16.9. The third kappa shape index (κ3) is 4.11. The molecule has 7 heteroatoms. The molecule has 0 radical (unpaired) electrons. The van der Waals surface area contributed by atoms with Crippen LogP contribution < -0.4 is 11.0 Å². The van der Waals surface area contributed by atoms with E-state index in [0.29, 0.717) is 13.0 Å². The van der Waals surface area contributed by atoms with Crippen molar-refractivity contribution in [3.8, 4) is 0 Å². The predicted octanol–water partition coefficient (Wildman–Crippen LogP) is 0.567. The Labute approximate surface area is 147 Å². The van der Waals surface area contributed by atoms with E-state index < -0.39 is 0 Å². The highest BCUT2D eigenvalue weighted by molar-refractivity contribution is 5.78. The number of amides is 1. The second-order valence-electron chi connectivity index (χ2n) is 6.61. The van der Waals surface area contributed by atoms with Crippen molar-refractivity contribution in [2.24, 2.45) is 7.05 Å². The SMILES string of the molecule is C[C@@H](CN1CCOCC1)NC(=O)CCn1c(=O)n(C)c2ccccc21. The van der Waals surface area contributed by atoms with Gasteiger partial charge in [-0.2, -0.15) is 0 Å². The zero-order valence-electron chi connectivity index (χ0n) is 14.9. The third-order valence-corrected chi connectivity index (χ3v) is 4.66. The number of aromatic nitrogens is 2. The number of carbonyl (C=O) groups excluding carboxylic acids is 1. The van der Waals surface area contributed by atoms with Crippen molar-refractivity contribution in [1.29, 1.82) is 0 Å². The number of fused-ring (bicyclic) bond motifs is 1. The lowest BCUT2D eigenvalue weighted by Gasteiger charge is -2.29. The van der Waals surface area contributed by atoms with Crippen molar-refractivity contribution >= 4 is 16.9 Å². The van der Waals surface area contributed by atoms with Gasteiger partial charge < -0.3 is 10.1 Å². The second kappa shape index (κ2) is 7.84. The standard InChI is InChI=1S/C18H26N4O3/c1-14(13-21-9-11-25-12-10-21)19-17(23)7-8-22-16-6-4-3-5-15(16)20(2)18(22)24/h3-6,14H,7-13H2,1-2H3,(H,19,23)/t14-/m0/s1. The summed E-state index contributed by atoms with van der Waals surface area (Å²) in [5, 5.41) is 3.03. The maximum atomic E-state index is 12.4. The first-order valence-electron chi connectivity index (χ1n) is 8.80. The first-order valence-corrected chi connectivity index (χ1v) is 8.80. The van der Waals surface area contributed by atoms with Crippen LogP contribution in [-0.2, 0) is 23.1 Å². The minimum Gasteiger partial charge on any atom is -0.379 e. The van der Waals surface area contributed by atoms with Gasteiger partial charge in [0.1, 0.15) is 0 Å². The van der Waals surface area contributed by atoms with Gasteiger partial charge in [0, 0.05) is 45.7 Å². The largest absolute Gasteiger partial charge is 0.379 e. The van der Waals surface area contributed by atoms with Crippen molar-refractivity contribution < 1.29 is 9.53 Å². The zero-order valence-corrected chi connectivity index (χ0v) is 14.9. The molecule has 0 aliphatic carbocycles. The first-order chi connectivity index (χ1) is 12.1. The van der Waals surface area contributed by atoms with E-state index in [0.717, 1.165) is 43.9 Å². The van der Waals surface area contributed by atoms with Crippen LogP contribution in [0.1, 0.15) is 13.3 Å². The average molecular weight is 346 g/mol. The molecule has 2 aromatic rings. The van der Waals surface area contributed by atoms with Crippen molar-refractivity contribution in [2.75, 3.05) is 32.8 Å². The van der Waals surface area contributed by atoms with E-state index >= 15 is 0 Å². The molecule has 1 aliphatic rings. The van der Waals surface area contributed by atoms with Crippen LogP contribution in [0.3, 0.4) is 0 Å². The van der Waals surface area contributed by atoms with Crippen molar-refractivity contribution in [3.63, 3.8) is 0 Å². The van der Waals surface area contributed by atoms with Gasteiger partial charge in [-0.3, -0.25) is 18.8 Å². The Morgan fingerprint density at radius 2 is 1.92 bits per heavy atom. The summed E-state index contributed by atoms with van der Waals surface area (Å²) in [7, 11) is 1.76. The van der Waals surface area contributed by atoms with Gasteiger partial charge in [0.25, 0.3) is 0 Å². The Kier molecular flexibility index (Phi) is 5.55. The van der Waals surface area contributed by atoms with Crippen LogP contribution >= 0.6 is 0 Å². The predicted molar refractivity (Wildman–Crippen MR) is 96.7 cm³/mol. The summed E-state index contributed by atoms with van der Waals surface area (Å²) in [4.78, 5) is 26.9. The lowest BCUT2D eigenvalue weighted by molar-refractivity contribution is -0.122. The van der Waals surface area contributed by atoms with E-state index in [-0.39, 0.29) is 17.6 Å². The van der Waals surface area contributed by atoms with Crippen LogP contribution in [0.5, 0.6) is 0 Å². The third-order valence-electron chi connectivity index (χ3n) is 4.66. The Bertz CT molecular complexity index is 789. The summed E-state index contributed by atoms with van der Waals surface area (Å²) in [6, 6.07) is 7.72. The number of carbonyl (C=O) groups is 1. The topological polar surface area (TPSA) is 68.5 Å². The molecule has 3 rings (SSSR count). The average Bonchev–Trinajstić information content (AvgIpc) is 2.85. The molecule has 1 aromatic heterocycles. The van der Waals surface area contributed by atoms with Gasteiger partial charge in [-0.05, 0) is 19.1 Å². The fourth-order valence-electron chi connectivity index (χ4n) is 3.36. The molecule has 1 amide bonds. The summed E-state index contributed by atoms with van der Waals surface area (Å²) < 4.78 is 8.62. The minimum atomic E-state index is -0.0876. The number of nitrogens with one attached hydrogen (secondary N) is 1. The molecule has 0 bridgehead atoms. The fourth-order valence-corrected chi connectivity index (χ4v) is 3.36. The number of nitrogens with zero attached hydrogens (tertiary/aromatic N) is 3. The van der Waals surface area contributed by atoms with Crippen LogP contribution in [-0.4, -0.2) is 58.8 Å². The summed E-state index contributed by atoms with van der Waals surface area (Å²) in [6.07, 6.45) is 0.293. The van der Waals surface area contributed by atoms with E-state index in [9.17, 15) is 9.59 Å². The Hall–Kier alpha value is -2.12. The summed E-state index contributed by atoms with van der Waals surface area (Å²) in [5.41, 5.74) is 1.66. The zero-order chi connectivity index (χ0) is 17.8. The maximum Gasteiger partial charge on any atom is 0.328 e. The number of para-hydroxylation sites is 2. The van der Waals surface area contributed by atoms with Crippen LogP contribution in [0.2, 0.25) is 0 Å². The summed E-state index contributed by atoms with van der Waals surface area (Å²) in [5.74, 6) is -0.0272. The van der Waals surface area contributed by atoms with E-state index in [1.807, 2.05) is 31.2 Å². The molecule has 0 saturated carbocycles. The van der Waals surface area contributed by atoms with Crippen molar-refractivity contribution in [2.45, 2.75) is 25.9 Å². The van der Waals surface area contributed by atoms with Crippen LogP contribution in [0.25, 0.3) is 11.0 Å². The van der Waals surface area contributed by atoms with E-state index in [1.54, 1.807) is 16.2 Å². The first kappa shape index (κ1) is 17.7. The number of rotatable bonds is 6. The number of imidazole rings is 1. The number of hydrogen-bond acceptors (Lipinski definition) is 4. The monoisotopic (exact) mass is 346 g/mol. The molecule has 2 heterocycles. The number of morpholine rings is 1. The van der Waals surface area contributed by atoms with Gasteiger partial charge in [0.05, 0.1) is 24.2 Å². The number of hydrogen-bond donors (Lipinski definition) is 1. The van der Waals surface area contributed by atoms with Gasteiger partial charge in [0.15, 0.2) is 0 Å². The highest BCUT2D eigenvalue weighted by atomic mass is 16.5. The molecule has 1 saturated heterocycles. The van der Waals surface area contributed by atoms with Gasteiger partial charge in [0.2, 0.25) is 5.91 Å². The summed E-state index contributed by atoms with van der Waals surface area (Å²) in [6.45, 7) is 6.55. The minimum absolute atomic E-state index is 0.0272. The lowest BCUT2D eigenvalue weighted by atomic mass is 10.2. The van der Waals surface area contributed by atoms with Crippen LogP contribution in [0, 0.1) is 0 Å². The second-order valence-corrected chi connectivity index (χ2v) is 6.61. The number of benzene rings is 1. The maximum absolute atomic E-state index is 12.4. The van der Waals surface area contributed by atoms with E-state index in [1.165, 1.54) is 0 Å². The number of aryl methyl sites for hydroxylation is 2. The highest BCUT2D eigenvalue weighted by Crippen LogP contribution is 2.11. The highest BCUT2D eigenvalue weighted by Gasteiger charge is 2.16. The molecule has 7 nitrogen and oxygen atoms in total. The molecular weight excluding hydrogens is 320 g/mol.